The first-order valence-corrected chi connectivity index (χ1v) is 9.26. The van der Waals surface area contributed by atoms with Crippen LogP contribution in [0.1, 0.15) is 46.5 Å². The van der Waals surface area contributed by atoms with Crippen LogP contribution in [-0.4, -0.2) is 17.8 Å². The van der Waals surface area contributed by atoms with Gasteiger partial charge in [0, 0.05) is 18.1 Å². The molecule has 0 unspecified atom stereocenters. The number of allylic oxidation sites excluding steroid dienone is 1. The van der Waals surface area contributed by atoms with Crippen molar-refractivity contribution in [2.45, 2.75) is 46.5 Å². The number of hydrogen-bond acceptors (Lipinski definition) is 4. The Morgan fingerprint density at radius 3 is 2.62 bits per heavy atom. The van der Waals surface area contributed by atoms with Gasteiger partial charge in [0.25, 0.3) is 5.56 Å². The lowest BCUT2D eigenvalue weighted by atomic mass is 10.1. The SMILES string of the molecule is CCCCCCOc1c(OCC=C(C)C)c2ccc(N)cc2n(C)c1=O. The average molecular weight is 358 g/mol. The van der Waals surface area contributed by atoms with Crippen LogP contribution in [0.25, 0.3) is 10.9 Å². The quantitative estimate of drug-likeness (QED) is 0.409. The van der Waals surface area contributed by atoms with Crippen LogP contribution < -0.4 is 20.8 Å². The van der Waals surface area contributed by atoms with Crippen LogP contribution in [0.3, 0.4) is 0 Å². The molecule has 0 saturated heterocycles. The maximum atomic E-state index is 12.8. The van der Waals surface area contributed by atoms with Crippen LogP contribution in [0.4, 0.5) is 5.69 Å². The number of ether oxygens (including phenoxy) is 2. The van der Waals surface area contributed by atoms with Gasteiger partial charge in [-0.15, -0.1) is 0 Å². The highest BCUT2D eigenvalue weighted by atomic mass is 16.5. The Kier molecular flexibility index (Phi) is 7.13. The lowest BCUT2D eigenvalue weighted by Crippen LogP contribution is -2.21. The summed E-state index contributed by atoms with van der Waals surface area (Å²) in [7, 11) is 1.73. The Morgan fingerprint density at radius 2 is 1.92 bits per heavy atom. The predicted octanol–water partition coefficient (Wildman–Crippen LogP) is 4.42. The van der Waals surface area contributed by atoms with Gasteiger partial charge in [0.15, 0.2) is 5.75 Å². The van der Waals surface area contributed by atoms with Crippen molar-refractivity contribution >= 4 is 16.6 Å². The first-order chi connectivity index (χ1) is 12.5. The molecule has 2 N–H and O–H groups in total. The van der Waals surface area contributed by atoms with Crippen molar-refractivity contribution in [1.82, 2.24) is 4.57 Å². The fourth-order valence-electron chi connectivity index (χ4n) is 2.76. The minimum Gasteiger partial charge on any atom is -0.485 e. The molecular weight excluding hydrogens is 328 g/mol. The molecule has 26 heavy (non-hydrogen) atoms. The third-order valence-electron chi connectivity index (χ3n) is 4.30. The third kappa shape index (κ3) is 4.81. The molecule has 0 aliphatic rings. The fourth-order valence-corrected chi connectivity index (χ4v) is 2.76. The van der Waals surface area contributed by atoms with E-state index in [0.29, 0.717) is 24.7 Å². The van der Waals surface area contributed by atoms with E-state index in [1.807, 2.05) is 32.1 Å². The van der Waals surface area contributed by atoms with E-state index in [1.54, 1.807) is 17.7 Å². The van der Waals surface area contributed by atoms with Gasteiger partial charge in [-0.3, -0.25) is 4.79 Å². The molecule has 5 nitrogen and oxygen atoms in total. The smallest absolute Gasteiger partial charge is 0.297 e. The zero-order valence-corrected chi connectivity index (χ0v) is 16.3. The third-order valence-corrected chi connectivity index (χ3v) is 4.30. The number of unbranched alkanes of at least 4 members (excludes halogenated alkanes) is 3. The molecule has 1 heterocycles. The molecule has 0 atom stereocenters. The van der Waals surface area contributed by atoms with Crippen molar-refractivity contribution in [1.29, 1.82) is 0 Å². The maximum absolute atomic E-state index is 12.8. The summed E-state index contributed by atoms with van der Waals surface area (Å²) in [5, 5.41) is 0.826. The zero-order valence-electron chi connectivity index (χ0n) is 16.3. The number of pyridine rings is 1. The monoisotopic (exact) mass is 358 g/mol. The molecule has 0 aliphatic carbocycles. The largest absolute Gasteiger partial charge is 0.485 e. The van der Waals surface area contributed by atoms with Gasteiger partial charge < -0.3 is 19.8 Å². The van der Waals surface area contributed by atoms with Gasteiger partial charge in [-0.05, 0) is 44.5 Å². The molecule has 0 radical (unpaired) electrons. The normalized spacial score (nSPS) is 10.8. The summed E-state index contributed by atoms with van der Waals surface area (Å²) in [6, 6.07) is 5.48. The van der Waals surface area contributed by atoms with Crippen LogP contribution in [0.15, 0.2) is 34.6 Å². The number of aryl methyl sites for hydroxylation is 1. The van der Waals surface area contributed by atoms with Gasteiger partial charge in [-0.25, -0.2) is 0 Å². The van der Waals surface area contributed by atoms with E-state index in [-0.39, 0.29) is 11.3 Å². The molecule has 0 spiro atoms. The molecule has 5 heteroatoms. The molecule has 1 aromatic heterocycles. The van der Waals surface area contributed by atoms with Crippen molar-refractivity contribution in [3.8, 4) is 11.5 Å². The first-order valence-electron chi connectivity index (χ1n) is 9.26. The van der Waals surface area contributed by atoms with Crippen LogP contribution in [-0.2, 0) is 7.05 Å². The van der Waals surface area contributed by atoms with Crippen molar-refractivity contribution in [3.05, 3.63) is 40.2 Å². The Labute approximate surface area is 155 Å². The fraction of sp³-hybridized carbons (Fsp3) is 0.476. The minimum absolute atomic E-state index is 0.203. The standard InChI is InChI=1S/C21H30N2O3/c1-5-6-7-8-12-25-20-19(26-13-11-15(2)3)17-10-9-16(22)14-18(17)23(4)21(20)24/h9-11,14H,5-8,12-13,22H2,1-4H3. The number of rotatable bonds is 9. The number of fused-ring (bicyclic) bond motifs is 1. The Balaban J connectivity index is 2.42. The van der Waals surface area contributed by atoms with E-state index in [2.05, 4.69) is 6.92 Å². The number of nitrogens with zero attached hydrogens (tertiary/aromatic N) is 1. The van der Waals surface area contributed by atoms with E-state index in [4.69, 9.17) is 15.2 Å². The van der Waals surface area contributed by atoms with Gasteiger partial charge in [-0.2, -0.15) is 0 Å². The molecule has 2 rings (SSSR count). The summed E-state index contributed by atoms with van der Waals surface area (Å²) >= 11 is 0. The molecule has 0 saturated carbocycles. The van der Waals surface area contributed by atoms with E-state index in [0.717, 1.165) is 35.7 Å². The number of nitrogen functional groups attached to an aromatic ring is 1. The molecule has 0 fully saturated rings. The molecule has 0 aliphatic heterocycles. The number of aromatic nitrogens is 1. The van der Waals surface area contributed by atoms with Crippen LogP contribution in [0.5, 0.6) is 11.5 Å². The van der Waals surface area contributed by atoms with E-state index < -0.39 is 0 Å². The average Bonchev–Trinajstić information content (AvgIpc) is 2.60. The Hall–Kier alpha value is -2.43. The second-order valence-corrected chi connectivity index (χ2v) is 6.80. The van der Waals surface area contributed by atoms with Gasteiger partial charge >= 0.3 is 0 Å². The Bertz CT molecular complexity index is 833. The first kappa shape index (κ1) is 19.9. The highest BCUT2D eigenvalue weighted by Gasteiger charge is 2.18. The summed E-state index contributed by atoms with van der Waals surface area (Å²) in [4.78, 5) is 12.8. The topological polar surface area (TPSA) is 66.5 Å². The van der Waals surface area contributed by atoms with Crippen molar-refractivity contribution in [3.63, 3.8) is 0 Å². The lowest BCUT2D eigenvalue weighted by molar-refractivity contribution is 0.273. The maximum Gasteiger partial charge on any atom is 0.297 e. The zero-order chi connectivity index (χ0) is 19.1. The van der Waals surface area contributed by atoms with Crippen LogP contribution >= 0.6 is 0 Å². The number of nitrogens with two attached hydrogens (primary N) is 1. The molecule has 142 valence electrons. The number of hydrogen-bond donors (Lipinski definition) is 1. The van der Waals surface area contributed by atoms with Crippen molar-refractivity contribution in [2.75, 3.05) is 18.9 Å². The molecular formula is C21H30N2O3. The second-order valence-electron chi connectivity index (χ2n) is 6.80. The molecule has 0 bridgehead atoms. The number of anilines is 1. The summed E-state index contributed by atoms with van der Waals surface area (Å²) in [5.41, 5.74) is 8.20. The number of benzene rings is 1. The van der Waals surface area contributed by atoms with Crippen molar-refractivity contribution in [2.24, 2.45) is 7.05 Å². The van der Waals surface area contributed by atoms with Gasteiger partial charge in [0.2, 0.25) is 5.75 Å². The highest BCUT2D eigenvalue weighted by molar-refractivity contribution is 5.90. The highest BCUT2D eigenvalue weighted by Crippen LogP contribution is 2.33. The minimum atomic E-state index is -0.203. The predicted molar refractivity (Wildman–Crippen MR) is 108 cm³/mol. The lowest BCUT2D eigenvalue weighted by Gasteiger charge is -2.17. The van der Waals surface area contributed by atoms with Crippen LogP contribution in [0.2, 0.25) is 0 Å². The van der Waals surface area contributed by atoms with Gasteiger partial charge in [0.1, 0.15) is 6.61 Å². The van der Waals surface area contributed by atoms with E-state index in [1.165, 1.54) is 6.42 Å². The summed E-state index contributed by atoms with van der Waals surface area (Å²) in [5.74, 6) is 0.777. The summed E-state index contributed by atoms with van der Waals surface area (Å²) < 4.78 is 13.4. The molecule has 0 amide bonds. The molecule has 1 aromatic carbocycles. The summed E-state index contributed by atoms with van der Waals surface area (Å²) in [6.45, 7) is 7.09. The molecule has 2 aromatic rings. The summed E-state index contributed by atoms with van der Waals surface area (Å²) in [6.07, 6.45) is 6.32. The van der Waals surface area contributed by atoms with Crippen LogP contribution in [0, 0.1) is 0 Å². The van der Waals surface area contributed by atoms with Gasteiger partial charge in [0.05, 0.1) is 12.1 Å². The van der Waals surface area contributed by atoms with Gasteiger partial charge in [-0.1, -0.05) is 31.8 Å². The van der Waals surface area contributed by atoms with E-state index in [9.17, 15) is 4.79 Å². The Morgan fingerprint density at radius 1 is 1.15 bits per heavy atom. The van der Waals surface area contributed by atoms with Crippen molar-refractivity contribution < 1.29 is 9.47 Å². The van der Waals surface area contributed by atoms with E-state index >= 15 is 0 Å². The second kappa shape index (κ2) is 9.32.